The number of rotatable bonds is 2. The maximum Gasteiger partial charge on any atom is 0.0440 e. The van der Waals surface area contributed by atoms with Crippen molar-refractivity contribution in [3.05, 3.63) is 163 Å². The second-order valence-corrected chi connectivity index (χ2v) is 16.1. The van der Waals surface area contributed by atoms with Gasteiger partial charge in [0.15, 0.2) is 0 Å². The number of hydrogen-bond acceptors (Lipinski definition) is 2. The van der Waals surface area contributed by atoms with Crippen LogP contribution in [0.5, 0.6) is 0 Å². The first-order valence-electron chi connectivity index (χ1n) is 16.8. The topological polar surface area (TPSA) is 0 Å². The highest BCUT2D eigenvalue weighted by Crippen LogP contribution is 2.50. The molecule has 8 aromatic rings. The molecule has 0 aliphatic heterocycles. The lowest BCUT2D eigenvalue weighted by Gasteiger charge is -2.15. The smallest absolute Gasteiger partial charge is 0.0440 e. The molecule has 0 saturated carbocycles. The van der Waals surface area contributed by atoms with Crippen LogP contribution < -0.4 is 10.4 Å². The number of aryl methyl sites for hydroxylation is 6. The Morgan fingerprint density at radius 3 is 1.17 bits per heavy atom. The molecule has 0 bridgehead atoms. The summed E-state index contributed by atoms with van der Waals surface area (Å²) in [6, 6.07) is 37.4. The van der Waals surface area contributed by atoms with Crippen LogP contribution in [0.3, 0.4) is 0 Å². The summed E-state index contributed by atoms with van der Waals surface area (Å²) in [5.41, 5.74) is 19.2. The van der Waals surface area contributed by atoms with Gasteiger partial charge in [0, 0.05) is 52.2 Å². The van der Waals surface area contributed by atoms with Crippen molar-refractivity contribution in [2.24, 2.45) is 0 Å². The molecule has 0 nitrogen and oxygen atoms in total. The highest BCUT2D eigenvalue weighted by atomic mass is 32.1. The molecule has 10 rings (SSSR count). The molecule has 6 aromatic carbocycles. The molecule has 0 radical (unpaired) electrons. The Morgan fingerprint density at radius 1 is 0.396 bits per heavy atom. The molecule has 2 aliphatic carbocycles. The van der Waals surface area contributed by atoms with Gasteiger partial charge in [-0.25, -0.2) is 0 Å². The first-order valence-corrected chi connectivity index (χ1v) is 18.5. The second-order valence-electron chi connectivity index (χ2n) is 14.0. The van der Waals surface area contributed by atoms with Gasteiger partial charge in [0.1, 0.15) is 0 Å². The van der Waals surface area contributed by atoms with Crippen molar-refractivity contribution in [1.82, 2.24) is 0 Å². The van der Waals surface area contributed by atoms with E-state index in [2.05, 4.69) is 139 Å². The van der Waals surface area contributed by atoms with E-state index >= 15 is 0 Å². The van der Waals surface area contributed by atoms with Crippen molar-refractivity contribution < 1.29 is 0 Å². The average Bonchev–Trinajstić information content (AvgIpc) is 3.76. The predicted molar refractivity (Wildman–Crippen MR) is 209 cm³/mol. The number of benzene rings is 6. The predicted octanol–water partition coefficient (Wildman–Crippen LogP) is 11.6. The van der Waals surface area contributed by atoms with Gasteiger partial charge < -0.3 is 0 Å². The fourth-order valence-corrected chi connectivity index (χ4v) is 11.5. The molecule has 0 N–H and O–H groups in total. The van der Waals surface area contributed by atoms with Crippen molar-refractivity contribution in [1.29, 1.82) is 0 Å². The highest BCUT2D eigenvalue weighted by Gasteiger charge is 2.31. The number of fused-ring (bicyclic) bond motifs is 11. The van der Waals surface area contributed by atoms with Crippen LogP contribution in [0.2, 0.25) is 0 Å². The zero-order valence-electron chi connectivity index (χ0n) is 28.1. The summed E-state index contributed by atoms with van der Waals surface area (Å²) in [7, 11) is 0. The van der Waals surface area contributed by atoms with Gasteiger partial charge in [-0.1, -0.05) is 71.8 Å². The molecular weight excluding hydrogens is 617 g/mol. The van der Waals surface area contributed by atoms with Crippen LogP contribution in [0.25, 0.3) is 63.0 Å². The summed E-state index contributed by atoms with van der Waals surface area (Å²) in [4.78, 5) is 2.81. The van der Waals surface area contributed by atoms with Gasteiger partial charge in [-0.05, 0) is 144 Å². The van der Waals surface area contributed by atoms with Gasteiger partial charge in [-0.15, -0.1) is 22.7 Å². The Labute approximate surface area is 289 Å². The van der Waals surface area contributed by atoms with Crippen molar-refractivity contribution >= 4 is 64.8 Å². The molecule has 2 aliphatic rings. The number of hydrogen-bond donors (Lipinski definition) is 0. The fourth-order valence-electron chi connectivity index (χ4n) is 9.04. The van der Waals surface area contributed by atoms with E-state index in [1.807, 2.05) is 22.7 Å². The Balaban J connectivity index is 1.36. The van der Waals surface area contributed by atoms with E-state index in [0.29, 0.717) is 0 Å². The van der Waals surface area contributed by atoms with E-state index < -0.39 is 0 Å². The molecule has 0 saturated heterocycles. The van der Waals surface area contributed by atoms with Gasteiger partial charge in [-0.3, -0.25) is 0 Å². The minimum atomic E-state index is 1.31. The summed E-state index contributed by atoms with van der Waals surface area (Å²) in [6.07, 6.45) is 0. The highest BCUT2D eigenvalue weighted by molar-refractivity contribution is 7.23. The van der Waals surface area contributed by atoms with E-state index in [4.69, 9.17) is 0 Å². The molecule has 2 heteroatoms. The van der Waals surface area contributed by atoms with Crippen LogP contribution in [0, 0.1) is 41.5 Å². The molecule has 230 valence electrons. The Kier molecular flexibility index (Phi) is 5.82. The molecule has 48 heavy (non-hydrogen) atoms. The van der Waals surface area contributed by atoms with E-state index in [9.17, 15) is 0 Å². The van der Waals surface area contributed by atoms with Gasteiger partial charge >= 0.3 is 0 Å². The summed E-state index contributed by atoms with van der Waals surface area (Å²) >= 11 is 3.89. The minimum Gasteiger partial charge on any atom is -0.135 e. The van der Waals surface area contributed by atoms with Gasteiger partial charge in [0.05, 0.1) is 0 Å². The largest absolute Gasteiger partial charge is 0.135 e. The Morgan fingerprint density at radius 2 is 0.771 bits per heavy atom. The van der Waals surface area contributed by atoms with Crippen molar-refractivity contribution in [3.63, 3.8) is 0 Å². The standard InChI is InChI=1S/C46H34S2/c1-23-15-25(3)39(26(4)16-23)41-33-19-29-22-36-34(20-30(29)21-35(33)45-43(41)31-11-7-9-13-37(31)47-45)42(40-27(5)17-24(2)18-28(40)6)44-32-12-8-10-14-38(32)48-46(36)44/h7-22H,1-6H3. The average molecular weight is 651 g/mol. The van der Waals surface area contributed by atoms with Crippen LogP contribution in [-0.2, 0) is 0 Å². The molecule has 0 atom stereocenters. The van der Waals surface area contributed by atoms with Crippen LogP contribution in [0.15, 0.2) is 97.1 Å². The lowest BCUT2D eigenvalue weighted by Crippen LogP contribution is -2.11. The summed E-state index contributed by atoms with van der Waals surface area (Å²) < 4.78 is 2.72. The second kappa shape index (κ2) is 9.89. The maximum atomic E-state index is 2.51. The zero-order chi connectivity index (χ0) is 32.6. The third kappa shape index (κ3) is 3.76. The van der Waals surface area contributed by atoms with Gasteiger partial charge in [0.25, 0.3) is 0 Å². The Hall–Kier alpha value is -4.76. The quantitative estimate of drug-likeness (QED) is 0.175. The minimum absolute atomic E-state index is 1.31. The number of thiophene rings is 2. The summed E-state index contributed by atoms with van der Waals surface area (Å²) in [5, 5.41) is 8.10. The molecular formula is C46H34S2. The first kappa shape index (κ1) is 28.3. The molecule has 0 fully saturated rings. The maximum absolute atomic E-state index is 2.51. The van der Waals surface area contributed by atoms with Crippen LogP contribution >= 0.6 is 22.7 Å². The van der Waals surface area contributed by atoms with E-state index in [1.54, 1.807) is 0 Å². The monoisotopic (exact) mass is 650 g/mol. The first-order chi connectivity index (χ1) is 23.3. The van der Waals surface area contributed by atoms with E-state index in [-0.39, 0.29) is 0 Å². The lowest BCUT2D eigenvalue weighted by atomic mass is 9.89. The third-order valence-corrected chi connectivity index (χ3v) is 13.1. The van der Waals surface area contributed by atoms with Crippen LogP contribution in [0.4, 0.5) is 0 Å². The Bertz CT molecular complexity index is 2640. The van der Waals surface area contributed by atoms with Gasteiger partial charge in [-0.2, -0.15) is 0 Å². The van der Waals surface area contributed by atoms with Crippen molar-refractivity contribution in [2.75, 3.05) is 0 Å². The van der Waals surface area contributed by atoms with E-state index in [0.717, 1.165) is 0 Å². The lowest BCUT2D eigenvalue weighted by molar-refractivity contribution is 1.29. The van der Waals surface area contributed by atoms with Crippen molar-refractivity contribution in [3.8, 4) is 20.9 Å². The normalized spacial score (nSPS) is 13.1. The SMILES string of the molecule is Cc1cc(C)c(C2=c3cc4cc5c(cc4cc3-c3sc4ccccc4c32)=C(c2c(C)cc(C)cc2C)c2c-5sc3ccccc23)c(C)c1. The molecule has 2 aromatic heterocycles. The summed E-state index contributed by atoms with van der Waals surface area (Å²) in [5.74, 6) is 0. The fraction of sp³-hybridized carbons (Fsp3) is 0.130. The van der Waals surface area contributed by atoms with Crippen LogP contribution in [-0.4, -0.2) is 0 Å². The zero-order valence-corrected chi connectivity index (χ0v) is 29.7. The van der Waals surface area contributed by atoms with E-state index in [1.165, 1.54) is 129 Å². The third-order valence-electron chi connectivity index (χ3n) is 10.7. The van der Waals surface area contributed by atoms with Gasteiger partial charge in [0.2, 0.25) is 0 Å². The molecule has 0 unspecified atom stereocenters. The van der Waals surface area contributed by atoms with Crippen molar-refractivity contribution in [2.45, 2.75) is 41.5 Å². The molecule has 2 heterocycles. The summed E-state index contributed by atoms with van der Waals surface area (Å²) in [6.45, 7) is 13.6. The molecule has 0 spiro atoms. The molecule has 0 amide bonds. The van der Waals surface area contributed by atoms with Crippen LogP contribution in [0.1, 0.15) is 55.6 Å².